The lowest BCUT2D eigenvalue weighted by Crippen LogP contribution is -2.37. The Bertz CT molecular complexity index is 525. The maximum absolute atomic E-state index is 5.67. The Morgan fingerprint density at radius 1 is 1.05 bits per heavy atom. The average molecular weight is 271 g/mol. The number of benzene rings is 1. The Labute approximate surface area is 118 Å². The summed E-state index contributed by atoms with van der Waals surface area (Å²) >= 11 is 0. The van der Waals surface area contributed by atoms with E-state index in [-0.39, 0.29) is 0 Å². The summed E-state index contributed by atoms with van der Waals surface area (Å²) in [5.41, 5.74) is 1.13. The lowest BCUT2D eigenvalue weighted by molar-refractivity contribution is 0.122. The highest BCUT2D eigenvalue weighted by Crippen LogP contribution is 2.14. The zero-order valence-electron chi connectivity index (χ0n) is 11.2. The van der Waals surface area contributed by atoms with Gasteiger partial charge in [0.15, 0.2) is 5.75 Å². The van der Waals surface area contributed by atoms with Crippen LogP contribution in [0.4, 0.5) is 5.95 Å². The van der Waals surface area contributed by atoms with Crippen molar-refractivity contribution in [3.63, 3.8) is 0 Å². The van der Waals surface area contributed by atoms with Crippen LogP contribution < -0.4 is 9.64 Å². The number of nitrogens with zero attached hydrogens (tertiary/aromatic N) is 3. The van der Waals surface area contributed by atoms with Gasteiger partial charge in [-0.15, -0.1) is 0 Å². The molecule has 0 saturated carbocycles. The smallest absolute Gasteiger partial charge is 0.225 e. The maximum Gasteiger partial charge on any atom is 0.225 e. The molecular weight excluding hydrogens is 254 g/mol. The van der Waals surface area contributed by atoms with Gasteiger partial charge in [-0.2, -0.15) is 0 Å². The van der Waals surface area contributed by atoms with E-state index in [4.69, 9.17) is 9.47 Å². The highest BCUT2D eigenvalue weighted by atomic mass is 16.5. The predicted molar refractivity (Wildman–Crippen MR) is 75.8 cm³/mol. The van der Waals surface area contributed by atoms with E-state index in [0.29, 0.717) is 12.4 Å². The molecule has 1 aromatic heterocycles. The molecule has 2 heterocycles. The number of ether oxygens (including phenoxy) is 2. The third-order valence-electron chi connectivity index (χ3n) is 3.16. The molecule has 20 heavy (non-hydrogen) atoms. The van der Waals surface area contributed by atoms with E-state index in [1.54, 1.807) is 12.4 Å². The van der Waals surface area contributed by atoms with Crippen LogP contribution >= 0.6 is 0 Å². The summed E-state index contributed by atoms with van der Waals surface area (Å²) in [5, 5.41) is 0. The van der Waals surface area contributed by atoms with Gasteiger partial charge in [-0.1, -0.05) is 30.3 Å². The van der Waals surface area contributed by atoms with Crippen molar-refractivity contribution in [1.29, 1.82) is 0 Å². The van der Waals surface area contributed by atoms with Crippen molar-refractivity contribution < 1.29 is 9.47 Å². The quantitative estimate of drug-likeness (QED) is 0.850. The predicted octanol–water partition coefficient (Wildman–Crippen LogP) is 1.89. The van der Waals surface area contributed by atoms with Crippen molar-refractivity contribution >= 4 is 5.95 Å². The fraction of sp³-hybridized carbons (Fsp3) is 0.333. The molecule has 0 amide bonds. The minimum absolute atomic E-state index is 0.529. The second kappa shape index (κ2) is 6.34. The first-order valence-corrected chi connectivity index (χ1v) is 6.73. The zero-order chi connectivity index (χ0) is 13.6. The largest absolute Gasteiger partial charge is 0.486 e. The summed E-state index contributed by atoms with van der Waals surface area (Å²) in [6.07, 6.45) is 3.45. The second-order valence-corrected chi connectivity index (χ2v) is 4.59. The number of rotatable bonds is 4. The van der Waals surface area contributed by atoms with Gasteiger partial charge in [0.1, 0.15) is 6.61 Å². The Balaban J connectivity index is 1.58. The Morgan fingerprint density at radius 3 is 2.45 bits per heavy atom. The van der Waals surface area contributed by atoms with E-state index in [1.807, 2.05) is 30.3 Å². The molecule has 3 rings (SSSR count). The summed E-state index contributed by atoms with van der Waals surface area (Å²) in [7, 11) is 0. The van der Waals surface area contributed by atoms with Crippen molar-refractivity contribution in [3.05, 3.63) is 48.3 Å². The monoisotopic (exact) mass is 271 g/mol. The van der Waals surface area contributed by atoms with Gasteiger partial charge < -0.3 is 14.4 Å². The minimum atomic E-state index is 0.529. The molecule has 1 fully saturated rings. The summed E-state index contributed by atoms with van der Waals surface area (Å²) in [6.45, 7) is 3.67. The van der Waals surface area contributed by atoms with E-state index >= 15 is 0 Å². The van der Waals surface area contributed by atoms with Crippen LogP contribution in [-0.4, -0.2) is 36.3 Å². The van der Waals surface area contributed by atoms with E-state index < -0.39 is 0 Å². The topological polar surface area (TPSA) is 47.5 Å². The molecule has 1 aliphatic rings. The third kappa shape index (κ3) is 3.24. The number of hydrogen-bond acceptors (Lipinski definition) is 5. The third-order valence-corrected chi connectivity index (χ3v) is 3.16. The van der Waals surface area contributed by atoms with Crippen molar-refractivity contribution in [2.75, 3.05) is 31.2 Å². The molecule has 5 heteroatoms. The fourth-order valence-corrected chi connectivity index (χ4v) is 2.05. The van der Waals surface area contributed by atoms with Gasteiger partial charge >= 0.3 is 0 Å². The Hall–Kier alpha value is -2.14. The van der Waals surface area contributed by atoms with Crippen LogP contribution in [0.1, 0.15) is 5.56 Å². The van der Waals surface area contributed by atoms with Crippen LogP contribution in [0.5, 0.6) is 5.75 Å². The van der Waals surface area contributed by atoms with Gasteiger partial charge in [0, 0.05) is 13.1 Å². The first kappa shape index (κ1) is 12.9. The van der Waals surface area contributed by atoms with E-state index in [2.05, 4.69) is 14.9 Å². The molecule has 0 spiro atoms. The Kier molecular flexibility index (Phi) is 4.08. The standard InChI is InChI=1S/C15H17N3O2/c1-2-4-13(5-3-1)12-20-14-10-16-15(17-11-14)18-6-8-19-9-7-18/h1-5,10-11H,6-9,12H2. The molecule has 104 valence electrons. The number of hydrogen-bond donors (Lipinski definition) is 0. The van der Waals surface area contributed by atoms with Gasteiger partial charge in [0.2, 0.25) is 5.95 Å². The summed E-state index contributed by atoms with van der Waals surface area (Å²) in [4.78, 5) is 10.8. The van der Waals surface area contributed by atoms with E-state index in [9.17, 15) is 0 Å². The average Bonchev–Trinajstić information content (AvgIpc) is 2.55. The molecule has 0 unspecified atom stereocenters. The number of morpholine rings is 1. The second-order valence-electron chi connectivity index (χ2n) is 4.59. The first-order valence-electron chi connectivity index (χ1n) is 6.73. The van der Waals surface area contributed by atoms with Crippen LogP contribution in [-0.2, 0) is 11.3 Å². The van der Waals surface area contributed by atoms with Crippen molar-refractivity contribution in [2.24, 2.45) is 0 Å². The van der Waals surface area contributed by atoms with Gasteiger partial charge in [-0.05, 0) is 5.56 Å². The molecule has 0 bridgehead atoms. The molecule has 0 N–H and O–H groups in total. The van der Waals surface area contributed by atoms with Crippen LogP contribution in [0.2, 0.25) is 0 Å². The van der Waals surface area contributed by atoms with Gasteiger partial charge in [-0.3, -0.25) is 0 Å². The molecule has 5 nitrogen and oxygen atoms in total. The van der Waals surface area contributed by atoms with Crippen molar-refractivity contribution in [2.45, 2.75) is 6.61 Å². The molecule has 0 aliphatic carbocycles. The molecule has 1 saturated heterocycles. The SMILES string of the molecule is c1ccc(COc2cnc(N3CCOCC3)nc2)cc1. The molecule has 0 radical (unpaired) electrons. The summed E-state index contributed by atoms with van der Waals surface area (Å²) in [6, 6.07) is 10.0. The Morgan fingerprint density at radius 2 is 1.75 bits per heavy atom. The van der Waals surface area contributed by atoms with Gasteiger partial charge in [0.05, 0.1) is 25.6 Å². The normalized spacial score (nSPS) is 15.1. The summed E-state index contributed by atoms with van der Waals surface area (Å²) < 4.78 is 11.0. The molecular formula is C15H17N3O2. The minimum Gasteiger partial charge on any atom is -0.486 e. The van der Waals surface area contributed by atoms with Crippen LogP contribution in [0.25, 0.3) is 0 Å². The molecule has 0 atom stereocenters. The molecule has 1 aromatic carbocycles. The number of aromatic nitrogens is 2. The van der Waals surface area contributed by atoms with Crippen LogP contribution in [0.15, 0.2) is 42.7 Å². The summed E-state index contributed by atoms with van der Waals surface area (Å²) in [5.74, 6) is 1.42. The maximum atomic E-state index is 5.67. The highest BCUT2D eigenvalue weighted by Gasteiger charge is 2.13. The molecule has 2 aromatic rings. The van der Waals surface area contributed by atoms with Crippen molar-refractivity contribution in [1.82, 2.24) is 9.97 Å². The number of anilines is 1. The molecule has 1 aliphatic heterocycles. The fourth-order valence-electron chi connectivity index (χ4n) is 2.05. The lowest BCUT2D eigenvalue weighted by atomic mass is 10.2. The van der Waals surface area contributed by atoms with E-state index in [1.165, 1.54) is 0 Å². The van der Waals surface area contributed by atoms with Gasteiger partial charge in [-0.25, -0.2) is 9.97 Å². The highest BCUT2D eigenvalue weighted by molar-refractivity contribution is 5.31. The lowest BCUT2D eigenvalue weighted by Gasteiger charge is -2.26. The van der Waals surface area contributed by atoms with Gasteiger partial charge in [0.25, 0.3) is 0 Å². The van der Waals surface area contributed by atoms with Crippen LogP contribution in [0.3, 0.4) is 0 Å². The van der Waals surface area contributed by atoms with E-state index in [0.717, 1.165) is 37.8 Å². The van der Waals surface area contributed by atoms with Crippen LogP contribution in [0, 0.1) is 0 Å². The van der Waals surface area contributed by atoms with Crippen molar-refractivity contribution in [3.8, 4) is 5.75 Å². The zero-order valence-corrected chi connectivity index (χ0v) is 11.2. The first-order chi connectivity index (χ1) is 9.92.